The maximum atomic E-state index is 12.9. The number of likely N-dealkylation sites (tertiary alicyclic amines) is 1. The molecule has 1 aliphatic rings. The molecule has 1 saturated heterocycles. The number of amides is 1. The van der Waals surface area contributed by atoms with Crippen molar-refractivity contribution >= 4 is 27.5 Å². The van der Waals surface area contributed by atoms with Crippen LogP contribution in [0.3, 0.4) is 0 Å². The first kappa shape index (κ1) is 15.0. The Balaban J connectivity index is 1.59. The maximum absolute atomic E-state index is 12.9. The van der Waals surface area contributed by atoms with Crippen LogP contribution < -0.4 is 5.56 Å². The second-order valence-electron chi connectivity index (χ2n) is 5.83. The number of nitrogens with zero attached hydrogens (tertiary/aromatic N) is 4. The summed E-state index contributed by atoms with van der Waals surface area (Å²) in [5, 5.41) is 4.61. The molecule has 3 aromatic rings. The highest BCUT2D eigenvalue weighted by Gasteiger charge is 2.31. The number of benzene rings is 1. The Bertz CT molecular complexity index is 916. The summed E-state index contributed by atoms with van der Waals surface area (Å²) in [4.78, 5) is 31.0. The second-order valence-corrected chi connectivity index (χ2v) is 6.86. The van der Waals surface area contributed by atoms with E-state index in [1.807, 2.05) is 29.2 Å². The third-order valence-corrected chi connectivity index (χ3v) is 5.31. The standard InChI is InChI=1S/C17H16N4O2S/c22-15-8-3-9-18-21(15)11-12-5-4-10-20(12)17(23)16-19-13-6-1-2-7-14(13)24-16/h1-3,6-9,12H,4-5,10-11H2. The zero-order valence-corrected chi connectivity index (χ0v) is 13.8. The van der Waals surface area contributed by atoms with Gasteiger partial charge in [-0.2, -0.15) is 5.10 Å². The van der Waals surface area contributed by atoms with E-state index in [4.69, 9.17) is 0 Å². The number of hydrogen-bond donors (Lipinski definition) is 0. The van der Waals surface area contributed by atoms with Gasteiger partial charge in [0.25, 0.3) is 11.5 Å². The lowest BCUT2D eigenvalue weighted by Gasteiger charge is -2.23. The first-order valence-corrected chi connectivity index (χ1v) is 8.73. The highest BCUT2D eigenvalue weighted by atomic mass is 32.1. The summed E-state index contributed by atoms with van der Waals surface area (Å²) in [5.41, 5.74) is 0.708. The molecule has 0 radical (unpaired) electrons. The molecule has 0 saturated carbocycles. The Kier molecular flexibility index (Phi) is 3.86. The lowest BCUT2D eigenvalue weighted by atomic mass is 10.2. The average Bonchev–Trinajstić information content (AvgIpc) is 3.23. The largest absolute Gasteiger partial charge is 0.332 e. The summed E-state index contributed by atoms with van der Waals surface area (Å²) >= 11 is 1.42. The minimum Gasteiger partial charge on any atom is -0.332 e. The fourth-order valence-corrected chi connectivity index (χ4v) is 4.03. The molecule has 1 unspecified atom stereocenters. The van der Waals surface area contributed by atoms with Crippen LogP contribution in [0.2, 0.25) is 0 Å². The molecule has 0 bridgehead atoms. The topological polar surface area (TPSA) is 68.1 Å². The first-order valence-electron chi connectivity index (χ1n) is 7.91. The van der Waals surface area contributed by atoms with Crippen LogP contribution in [0.25, 0.3) is 10.2 Å². The van der Waals surface area contributed by atoms with Gasteiger partial charge in [-0.05, 0) is 31.0 Å². The molecule has 122 valence electrons. The number of carbonyl (C=O) groups excluding carboxylic acids is 1. The summed E-state index contributed by atoms with van der Waals surface area (Å²) in [6.45, 7) is 1.12. The van der Waals surface area contributed by atoms with Gasteiger partial charge < -0.3 is 4.90 Å². The smallest absolute Gasteiger partial charge is 0.283 e. The highest BCUT2D eigenvalue weighted by Crippen LogP contribution is 2.26. The number of carbonyl (C=O) groups is 1. The van der Waals surface area contributed by atoms with E-state index < -0.39 is 0 Å². The van der Waals surface area contributed by atoms with Crippen LogP contribution in [-0.2, 0) is 6.54 Å². The summed E-state index contributed by atoms with van der Waals surface area (Å²) in [5.74, 6) is -0.0531. The van der Waals surface area contributed by atoms with Gasteiger partial charge in [-0.15, -0.1) is 11.3 Å². The van der Waals surface area contributed by atoms with Crippen molar-refractivity contribution in [3.8, 4) is 0 Å². The van der Waals surface area contributed by atoms with Crippen LogP contribution in [0.15, 0.2) is 47.4 Å². The molecule has 1 aliphatic heterocycles. The average molecular weight is 340 g/mol. The van der Waals surface area contributed by atoms with Gasteiger partial charge in [0.1, 0.15) is 0 Å². The quantitative estimate of drug-likeness (QED) is 0.733. The van der Waals surface area contributed by atoms with Crippen LogP contribution in [0.1, 0.15) is 22.6 Å². The molecule has 2 aromatic heterocycles. The van der Waals surface area contributed by atoms with E-state index >= 15 is 0 Å². The molecule has 0 N–H and O–H groups in total. The van der Waals surface area contributed by atoms with Gasteiger partial charge in [-0.25, -0.2) is 9.67 Å². The third-order valence-electron chi connectivity index (χ3n) is 4.28. The van der Waals surface area contributed by atoms with Crippen LogP contribution >= 0.6 is 11.3 Å². The summed E-state index contributed by atoms with van der Waals surface area (Å²) in [7, 11) is 0. The van der Waals surface area contributed by atoms with Crippen molar-refractivity contribution in [3.05, 3.63) is 58.0 Å². The number of fused-ring (bicyclic) bond motifs is 1. The van der Waals surface area contributed by atoms with E-state index in [-0.39, 0.29) is 17.5 Å². The van der Waals surface area contributed by atoms with Crippen molar-refractivity contribution in [2.24, 2.45) is 0 Å². The van der Waals surface area contributed by atoms with Gasteiger partial charge in [-0.3, -0.25) is 9.59 Å². The maximum Gasteiger partial charge on any atom is 0.283 e. The Morgan fingerprint density at radius 3 is 2.96 bits per heavy atom. The van der Waals surface area contributed by atoms with Crippen molar-refractivity contribution in [3.63, 3.8) is 0 Å². The molecule has 3 heterocycles. The minimum absolute atomic E-state index is 0.0166. The van der Waals surface area contributed by atoms with Gasteiger partial charge in [0.15, 0.2) is 5.01 Å². The fraction of sp³-hybridized carbons (Fsp3) is 0.294. The first-order chi connectivity index (χ1) is 11.7. The van der Waals surface area contributed by atoms with Crippen LogP contribution in [0, 0.1) is 0 Å². The molecule has 1 atom stereocenters. The zero-order chi connectivity index (χ0) is 16.5. The molecule has 7 heteroatoms. The Labute approximate surface area is 142 Å². The molecule has 4 rings (SSSR count). The molecular formula is C17H16N4O2S. The SMILES string of the molecule is O=C(c1nc2ccccc2s1)N1CCCC1Cn1ncccc1=O. The molecule has 24 heavy (non-hydrogen) atoms. The molecule has 0 aliphatic carbocycles. The number of para-hydroxylation sites is 1. The molecule has 6 nitrogen and oxygen atoms in total. The van der Waals surface area contributed by atoms with Gasteiger partial charge in [0.2, 0.25) is 0 Å². The predicted octanol–water partition coefficient (Wildman–Crippen LogP) is 2.16. The van der Waals surface area contributed by atoms with Crippen molar-refractivity contribution in [2.75, 3.05) is 6.54 Å². The number of rotatable bonds is 3. The van der Waals surface area contributed by atoms with Crippen molar-refractivity contribution in [1.29, 1.82) is 0 Å². The molecule has 1 amide bonds. The van der Waals surface area contributed by atoms with Gasteiger partial charge in [-0.1, -0.05) is 12.1 Å². The number of aromatic nitrogens is 3. The Hall–Kier alpha value is -2.54. The van der Waals surface area contributed by atoms with Crippen LogP contribution in [-0.4, -0.2) is 38.2 Å². The lowest BCUT2D eigenvalue weighted by molar-refractivity contribution is 0.0720. The number of thiazole rings is 1. The summed E-state index contributed by atoms with van der Waals surface area (Å²) in [6.07, 6.45) is 3.40. The minimum atomic E-state index is -0.142. The van der Waals surface area contributed by atoms with E-state index in [0.29, 0.717) is 18.1 Å². The van der Waals surface area contributed by atoms with E-state index in [9.17, 15) is 9.59 Å². The molecular weight excluding hydrogens is 324 g/mol. The monoisotopic (exact) mass is 340 g/mol. The fourth-order valence-electron chi connectivity index (χ4n) is 3.10. The van der Waals surface area contributed by atoms with E-state index in [1.165, 1.54) is 22.1 Å². The normalized spacial score (nSPS) is 17.5. The second kappa shape index (κ2) is 6.16. The van der Waals surface area contributed by atoms with Gasteiger partial charge in [0, 0.05) is 18.8 Å². The van der Waals surface area contributed by atoms with Crippen LogP contribution in [0.5, 0.6) is 0 Å². The molecule has 0 spiro atoms. The molecule has 1 fully saturated rings. The van der Waals surface area contributed by atoms with Gasteiger partial charge in [0.05, 0.1) is 22.8 Å². The lowest BCUT2D eigenvalue weighted by Crippen LogP contribution is -2.40. The zero-order valence-electron chi connectivity index (χ0n) is 13.0. The Morgan fingerprint density at radius 1 is 1.25 bits per heavy atom. The summed E-state index contributed by atoms with van der Waals surface area (Å²) < 4.78 is 2.44. The number of hydrogen-bond acceptors (Lipinski definition) is 5. The van der Waals surface area contributed by atoms with E-state index in [1.54, 1.807) is 12.3 Å². The van der Waals surface area contributed by atoms with Gasteiger partial charge >= 0.3 is 0 Å². The molecule has 1 aromatic carbocycles. The van der Waals surface area contributed by atoms with Crippen molar-refractivity contribution in [2.45, 2.75) is 25.4 Å². The highest BCUT2D eigenvalue weighted by molar-refractivity contribution is 7.20. The van der Waals surface area contributed by atoms with Crippen LogP contribution in [0.4, 0.5) is 0 Å². The third kappa shape index (κ3) is 2.71. The Morgan fingerprint density at radius 2 is 2.12 bits per heavy atom. The summed E-state index contributed by atoms with van der Waals surface area (Å²) in [6, 6.07) is 10.8. The van der Waals surface area contributed by atoms with E-state index in [2.05, 4.69) is 10.1 Å². The van der Waals surface area contributed by atoms with Crippen molar-refractivity contribution in [1.82, 2.24) is 19.7 Å². The predicted molar refractivity (Wildman–Crippen MR) is 92.2 cm³/mol. The van der Waals surface area contributed by atoms with Crippen molar-refractivity contribution < 1.29 is 4.79 Å². The van der Waals surface area contributed by atoms with E-state index in [0.717, 1.165) is 23.1 Å².